The molecule has 1 atom stereocenters. The van der Waals surface area contributed by atoms with Crippen LogP contribution in [0.3, 0.4) is 0 Å². The third kappa shape index (κ3) is 3.16. The van der Waals surface area contributed by atoms with Crippen molar-refractivity contribution in [3.05, 3.63) is 71.8 Å². The normalized spacial score (nSPS) is 13.4. The molecule has 0 heterocycles. The maximum absolute atomic E-state index is 6.56. The van der Waals surface area contributed by atoms with Gasteiger partial charge in [0.2, 0.25) is 0 Å². The monoisotopic (exact) mass is 284 g/mol. The molecular weight excluding hydrogens is 260 g/mol. The Morgan fingerprint density at radius 2 is 1.38 bits per heavy atom. The van der Waals surface area contributed by atoms with Gasteiger partial charge in [-0.1, -0.05) is 60.7 Å². The van der Waals surface area contributed by atoms with Crippen LogP contribution in [0.25, 0.3) is 0 Å². The first-order valence-electron chi connectivity index (χ1n) is 7.17. The van der Waals surface area contributed by atoms with Crippen LogP contribution in [-0.4, -0.2) is 38.7 Å². The summed E-state index contributed by atoms with van der Waals surface area (Å²) in [5.41, 5.74) is 8.07. The molecule has 0 aliphatic heterocycles. The Kier molecular flexibility index (Phi) is 5.12. The maximum atomic E-state index is 6.56. The summed E-state index contributed by atoms with van der Waals surface area (Å²) in [6, 6.07) is 20.2. The second kappa shape index (κ2) is 6.85. The number of hydrogen-bond donors (Lipinski definition) is 1. The average Bonchev–Trinajstić information content (AvgIpc) is 2.50. The van der Waals surface area contributed by atoms with Crippen LogP contribution < -0.4 is 5.73 Å². The van der Waals surface area contributed by atoms with Crippen LogP contribution >= 0.6 is 0 Å². The summed E-state index contributed by atoms with van der Waals surface area (Å²) in [6.45, 7) is 0.734. The number of hydrogen-bond acceptors (Lipinski definition) is 3. The Morgan fingerprint density at radius 3 is 1.71 bits per heavy atom. The van der Waals surface area contributed by atoms with E-state index in [9.17, 15) is 0 Å². The van der Waals surface area contributed by atoms with Gasteiger partial charge in [0.05, 0.1) is 6.04 Å². The van der Waals surface area contributed by atoms with Gasteiger partial charge in [-0.2, -0.15) is 0 Å². The van der Waals surface area contributed by atoms with Crippen molar-refractivity contribution in [2.45, 2.75) is 11.6 Å². The molecule has 0 aliphatic carbocycles. The van der Waals surface area contributed by atoms with Crippen molar-refractivity contribution < 1.29 is 4.74 Å². The molecule has 2 aromatic carbocycles. The highest BCUT2D eigenvalue weighted by Gasteiger charge is 2.40. The van der Waals surface area contributed by atoms with Gasteiger partial charge in [0.25, 0.3) is 0 Å². The maximum Gasteiger partial charge on any atom is 0.134 e. The van der Waals surface area contributed by atoms with Crippen LogP contribution in [0.2, 0.25) is 0 Å². The van der Waals surface area contributed by atoms with Crippen LogP contribution in [0.4, 0.5) is 0 Å². The van der Waals surface area contributed by atoms with Gasteiger partial charge in [-0.15, -0.1) is 0 Å². The molecule has 21 heavy (non-hydrogen) atoms. The number of methoxy groups -OCH3 is 1. The van der Waals surface area contributed by atoms with E-state index in [2.05, 4.69) is 29.2 Å². The van der Waals surface area contributed by atoms with Crippen molar-refractivity contribution in [1.29, 1.82) is 0 Å². The first-order valence-corrected chi connectivity index (χ1v) is 7.17. The molecule has 0 radical (unpaired) electrons. The fourth-order valence-corrected chi connectivity index (χ4v) is 2.88. The molecule has 0 bridgehead atoms. The molecule has 2 N–H and O–H groups in total. The molecule has 0 spiro atoms. The van der Waals surface area contributed by atoms with Crippen molar-refractivity contribution in [3.63, 3.8) is 0 Å². The molecule has 0 saturated heterocycles. The summed E-state index contributed by atoms with van der Waals surface area (Å²) in [7, 11) is 5.78. The predicted molar refractivity (Wildman–Crippen MR) is 87.2 cm³/mol. The average molecular weight is 284 g/mol. The summed E-state index contributed by atoms with van der Waals surface area (Å²) in [5, 5.41) is 0. The Hall–Kier alpha value is -1.68. The third-order valence-electron chi connectivity index (χ3n) is 3.81. The lowest BCUT2D eigenvalue weighted by Gasteiger charge is -2.40. The van der Waals surface area contributed by atoms with E-state index in [0.29, 0.717) is 0 Å². The second-order valence-electron chi connectivity index (χ2n) is 5.54. The highest BCUT2D eigenvalue weighted by Crippen LogP contribution is 2.35. The quantitative estimate of drug-likeness (QED) is 0.885. The number of nitrogens with zero attached hydrogens (tertiary/aromatic N) is 1. The second-order valence-corrected chi connectivity index (χ2v) is 5.54. The lowest BCUT2D eigenvalue weighted by Crippen LogP contribution is -2.52. The zero-order valence-corrected chi connectivity index (χ0v) is 13.0. The molecule has 0 unspecified atom stereocenters. The van der Waals surface area contributed by atoms with Gasteiger partial charge in [-0.3, -0.25) is 0 Å². The fourth-order valence-electron chi connectivity index (χ4n) is 2.88. The molecule has 0 amide bonds. The summed E-state index contributed by atoms with van der Waals surface area (Å²) in [5.74, 6) is 0. The minimum absolute atomic E-state index is 0.178. The number of rotatable bonds is 6. The molecular formula is C18H24N2O. The molecule has 3 nitrogen and oxygen atoms in total. The third-order valence-corrected chi connectivity index (χ3v) is 3.81. The minimum atomic E-state index is -0.646. The molecule has 0 aromatic heterocycles. The van der Waals surface area contributed by atoms with Gasteiger partial charge in [0.15, 0.2) is 0 Å². The molecule has 0 saturated carbocycles. The van der Waals surface area contributed by atoms with Crippen LogP contribution in [0, 0.1) is 0 Å². The van der Waals surface area contributed by atoms with Crippen LogP contribution in [-0.2, 0) is 10.3 Å². The van der Waals surface area contributed by atoms with E-state index >= 15 is 0 Å². The standard InChI is InChI=1S/C18H24N2O/c1-20(2)14-17(19)18(21-3,15-10-6-4-7-11-15)16-12-8-5-9-13-16/h4-13,17H,14,19H2,1-3H3/t17-/m1/s1. The largest absolute Gasteiger partial charge is 0.367 e. The topological polar surface area (TPSA) is 38.5 Å². The summed E-state index contributed by atoms with van der Waals surface area (Å²) >= 11 is 0. The molecule has 0 fully saturated rings. The highest BCUT2D eigenvalue weighted by atomic mass is 16.5. The van der Waals surface area contributed by atoms with E-state index in [-0.39, 0.29) is 6.04 Å². The van der Waals surface area contributed by atoms with E-state index < -0.39 is 5.60 Å². The Balaban J connectivity index is 2.57. The van der Waals surface area contributed by atoms with E-state index in [1.54, 1.807) is 7.11 Å². The van der Waals surface area contributed by atoms with Crippen molar-refractivity contribution in [2.75, 3.05) is 27.7 Å². The van der Waals surface area contributed by atoms with Gasteiger partial charge >= 0.3 is 0 Å². The Labute approximate surface area is 127 Å². The zero-order valence-electron chi connectivity index (χ0n) is 13.0. The zero-order chi connectivity index (χ0) is 15.3. The Bertz CT molecular complexity index is 500. The van der Waals surface area contributed by atoms with Crippen molar-refractivity contribution in [1.82, 2.24) is 4.90 Å². The summed E-state index contributed by atoms with van der Waals surface area (Å²) in [4.78, 5) is 2.09. The van der Waals surface area contributed by atoms with E-state index in [4.69, 9.17) is 10.5 Å². The van der Waals surface area contributed by atoms with Crippen LogP contribution in [0.1, 0.15) is 11.1 Å². The lowest BCUT2D eigenvalue weighted by atomic mass is 9.80. The molecule has 0 aliphatic rings. The summed E-state index contributed by atoms with van der Waals surface area (Å²) < 4.78 is 6.02. The van der Waals surface area contributed by atoms with Gasteiger partial charge in [-0.25, -0.2) is 0 Å². The SMILES string of the molecule is COC(c1ccccc1)(c1ccccc1)[C@H](N)CN(C)C. The predicted octanol–water partition coefficient (Wildman–Crippen LogP) is 2.47. The molecule has 112 valence electrons. The van der Waals surface area contributed by atoms with Crippen molar-refractivity contribution in [2.24, 2.45) is 5.73 Å². The summed E-state index contributed by atoms with van der Waals surface area (Å²) in [6.07, 6.45) is 0. The van der Waals surface area contributed by atoms with E-state index in [0.717, 1.165) is 17.7 Å². The van der Waals surface area contributed by atoms with E-state index in [1.807, 2.05) is 50.5 Å². The molecule has 2 rings (SSSR count). The van der Waals surface area contributed by atoms with Crippen LogP contribution in [0.5, 0.6) is 0 Å². The Morgan fingerprint density at radius 1 is 0.952 bits per heavy atom. The highest BCUT2D eigenvalue weighted by molar-refractivity contribution is 5.38. The number of benzene rings is 2. The van der Waals surface area contributed by atoms with E-state index in [1.165, 1.54) is 0 Å². The molecule has 3 heteroatoms. The fraction of sp³-hybridized carbons (Fsp3) is 0.333. The van der Waals surface area contributed by atoms with Gasteiger partial charge in [0, 0.05) is 13.7 Å². The first kappa shape index (κ1) is 15.7. The number of nitrogens with two attached hydrogens (primary N) is 1. The van der Waals surface area contributed by atoms with Gasteiger partial charge in [-0.05, 0) is 25.2 Å². The van der Waals surface area contributed by atoms with Gasteiger partial charge in [0.1, 0.15) is 5.60 Å². The minimum Gasteiger partial charge on any atom is -0.367 e. The smallest absolute Gasteiger partial charge is 0.134 e. The van der Waals surface area contributed by atoms with Crippen molar-refractivity contribution in [3.8, 4) is 0 Å². The number of likely N-dealkylation sites (N-methyl/N-ethyl adjacent to an activating group) is 1. The molecule has 2 aromatic rings. The lowest BCUT2D eigenvalue weighted by molar-refractivity contribution is -0.00658. The van der Waals surface area contributed by atoms with Crippen LogP contribution in [0.15, 0.2) is 60.7 Å². The first-order chi connectivity index (χ1) is 10.1. The van der Waals surface area contributed by atoms with Crippen molar-refractivity contribution >= 4 is 0 Å². The van der Waals surface area contributed by atoms with Gasteiger partial charge < -0.3 is 15.4 Å². The number of ether oxygens (including phenoxy) is 1.